The molecule has 16 heavy (non-hydrogen) atoms. The average molecular weight is 206 g/mol. The fraction of sp³-hybridized carbons (Fsp3) is 0.125. The van der Waals surface area contributed by atoms with E-state index in [0.29, 0.717) is 0 Å². The summed E-state index contributed by atoms with van der Waals surface area (Å²) in [5.41, 5.74) is 5.59. The second-order valence-corrected chi connectivity index (χ2v) is 4.37. The molecule has 0 radical (unpaired) electrons. The molecule has 0 atom stereocenters. The van der Waals surface area contributed by atoms with Crippen LogP contribution in [0.5, 0.6) is 0 Å². The Balaban J connectivity index is 2.43. The van der Waals surface area contributed by atoms with Crippen molar-refractivity contribution in [2.75, 3.05) is 0 Å². The molecule has 1 aliphatic carbocycles. The lowest BCUT2D eigenvalue weighted by molar-refractivity contribution is 1.36. The smallest absolute Gasteiger partial charge is 0.00132 e. The predicted octanol–water partition coefficient (Wildman–Crippen LogP) is 4.27. The van der Waals surface area contributed by atoms with E-state index >= 15 is 0 Å². The van der Waals surface area contributed by atoms with Crippen LogP contribution in [-0.4, -0.2) is 0 Å². The first-order chi connectivity index (χ1) is 7.81. The van der Waals surface area contributed by atoms with E-state index < -0.39 is 0 Å². The summed E-state index contributed by atoms with van der Waals surface area (Å²) in [7, 11) is 0. The van der Waals surface area contributed by atoms with Gasteiger partial charge in [-0.3, -0.25) is 0 Å². The van der Waals surface area contributed by atoms with Gasteiger partial charge in [-0.1, -0.05) is 49.1 Å². The van der Waals surface area contributed by atoms with E-state index in [-0.39, 0.29) is 0 Å². The van der Waals surface area contributed by atoms with Gasteiger partial charge >= 0.3 is 0 Å². The molecule has 0 spiro atoms. The van der Waals surface area contributed by atoms with Crippen LogP contribution in [0.4, 0.5) is 0 Å². The largest absolute Gasteiger partial charge is 0.0991 e. The van der Waals surface area contributed by atoms with Crippen LogP contribution in [0.15, 0.2) is 49.1 Å². The van der Waals surface area contributed by atoms with E-state index in [0.717, 1.165) is 6.42 Å². The van der Waals surface area contributed by atoms with Gasteiger partial charge < -0.3 is 0 Å². The molecule has 1 aliphatic rings. The third-order valence-corrected chi connectivity index (χ3v) is 3.39. The Labute approximate surface area is 95.9 Å². The lowest BCUT2D eigenvalue weighted by Gasteiger charge is -2.04. The van der Waals surface area contributed by atoms with Gasteiger partial charge in [-0.05, 0) is 46.4 Å². The first-order valence-corrected chi connectivity index (χ1v) is 5.64. The summed E-state index contributed by atoms with van der Waals surface area (Å²) in [5.74, 6) is 0. The highest BCUT2D eigenvalue weighted by molar-refractivity contribution is 6.03. The Kier molecular flexibility index (Phi) is 1.97. The summed E-state index contributed by atoms with van der Waals surface area (Å²) < 4.78 is 0. The second kappa shape index (κ2) is 3.34. The van der Waals surface area contributed by atoms with Crippen LogP contribution in [0.2, 0.25) is 0 Å². The van der Waals surface area contributed by atoms with Crippen molar-refractivity contribution in [3.63, 3.8) is 0 Å². The Morgan fingerprint density at radius 3 is 2.88 bits per heavy atom. The molecule has 0 nitrogen and oxygen atoms in total. The molecular formula is C16H14. The lowest BCUT2D eigenvalue weighted by atomic mass is 10.0. The maximum absolute atomic E-state index is 3.79. The van der Waals surface area contributed by atoms with E-state index in [9.17, 15) is 0 Å². The van der Waals surface area contributed by atoms with Gasteiger partial charge in [0.25, 0.3) is 0 Å². The molecule has 0 N–H and O–H groups in total. The van der Waals surface area contributed by atoms with E-state index in [1.165, 1.54) is 33.0 Å². The molecule has 0 heteroatoms. The number of hydrogen-bond donors (Lipinski definition) is 0. The van der Waals surface area contributed by atoms with Crippen molar-refractivity contribution in [1.29, 1.82) is 0 Å². The average Bonchev–Trinajstić information content (AvgIpc) is 2.65. The van der Waals surface area contributed by atoms with Gasteiger partial charge in [-0.15, -0.1) is 0 Å². The first kappa shape index (κ1) is 9.41. The van der Waals surface area contributed by atoms with E-state index in [2.05, 4.69) is 49.9 Å². The van der Waals surface area contributed by atoms with Crippen molar-refractivity contribution in [1.82, 2.24) is 0 Å². The highest BCUT2D eigenvalue weighted by atomic mass is 14.2. The molecule has 0 unspecified atom stereocenters. The summed E-state index contributed by atoms with van der Waals surface area (Å²) in [4.78, 5) is 0. The molecule has 3 rings (SSSR count). The molecule has 2 aromatic carbocycles. The van der Waals surface area contributed by atoms with Crippen molar-refractivity contribution < 1.29 is 0 Å². The van der Waals surface area contributed by atoms with E-state index in [1.54, 1.807) is 0 Å². The standard InChI is InChI=1S/C16H14/c1-3-5-12-10-13-9-8-11(2)14-6-4-7-15(12)16(13)14/h3-9H,1,10H2,2H3/b12-5+. The van der Waals surface area contributed by atoms with Gasteiger partial charge in [0.15, 0.2) is 0 Å². The lowest BCUT2D eigenvalue weighted by Crippen LogP contribution is -1.81. The first-order valence-electron chi connectivity index (χ1n) is 5.64. The molecule has 2 aromatic rings. The molecule has 0 heterocycles. The van der Waals surface area contributed by atoms with Crippen LogP contribution in [0.1, 0.15) is 16.7 Å². The molecule has 0 aromatic heterocycles. The zero-order chi connectivity index (χ0) is 11.1. The van der Waals surface area contributed by atoms with Gasteiger partial charge in [0.1, 0.15) is 0 Å². The van der Waals surface area contributed by atoms with Crippen LogP contribution in [-0.2, 0) is 6.42 Å². The van der Waals surface area contributed by atoms with Gasteiger partial charge in [0, 0.05) is 0 Å². The summed E-state index contributed by atoms with van der Waals surface area (Å²) in [6.07, 6.45) is 5.05. The van der Waals surface area contributed by atoms with Crippen LogP contribution >= 0.6 is 0 Å². The minimum absolute atomic E-state index is 1.04. The summed E-state index contributed by atoms with van der Waals surface area (Å²) in [6.45, 7) is 5.97. The molecule has 0 fully saturated rings. The third kappa shape index (κ3) is 1.16. The predicted molar refractivity (Wildman–Crippen MR) is 70.6 cm³/mol. The normalized spacial score (nSPS) is 15.9. The van der Waals surface area contributed by atoms with Gasteiger partial charge in [-0.2, -0.15) is 0 Å². The fourth-order valence-electron chi connectivity index (χ4n) is 2.63. The summed E-state index contributed by atoms with van der Waals surface area (Å²) in [5, 5.41) is 2.83. The highest BCUT2D eigenvalue weighted by Gasteiger charge is 2.18. The highest BCUT2D eigenvalue weighted by Crippen LogP contribution is 2.38. The third-order valence-electron chi connectivity index (χ3n) is 3.39. The van der Waals surface area contributed by atoms with Gasteiger partial charge in [0.2, 0.25) is 0 Å². The van der Waals surface area contributed by atoms with Crippen LogP contribution in [0.25, 0.3) is 16.3 Å². The number of allylic oxidation sites excluding steroid dienone is 3. The van der Waals surface area contributed by atoms with Gasteiger partial charge in [-0.25, -0.2) is 0 Å². The Hall–Kier alpha value is -1.82. The van der Waals surface area contributed by atoms with Crippen molar-refractivity contribution in [3.8, 4) is 0 Å². The number of hydrogen-bond acceptors (Lipinski definition) is 0. The van der Waals surface area contributed by atoms with Crippen LogP contribution in [0.3, 0.4) is 0 Å². The van der Waals surface area contributed by atoms with Gasteiger partial charge in [0.05, 0.1) is 0 Å². The molecule has 0 amide bonds. The quantitative estimate of drug-likeness (QED) is 0.653. The zero-order valence-electron chi connectivity index (χ0n) is 9.46. The number of benzene rings is 2. The van der Waals surface area contributed by atoms with Crippen LogP contribution in [0, 0.1) is 6.92 Å². The molecular weight excluding hydrogens is 192 g/mol. The Bertz CT molecular complexity index is 615. The number of aryl methyl sites for hydroxylation is 1. The zero-order valence-corrected chi connectivity index (χ0v) is 9.46. The van der Waals surface area contributed by atoms with E-state index in [1.807, 2.05) is 6.08 Å². The van der Waals surface area contributed by atoms with E-state index in [4.69, 9.17) is 0 Å². The minimum Gasteiger partial charge on any atom is -0.0991 e. The second-order valence-electron chi connectivity index (χ2n) is 4.37. The number of rotatable bonds is 1. The summed E-state index contributed by atoms with van der Waals surface area (Å²) in [6, 6.07) is 11.1. The SMILES string of the molecule is C=C/C=C1\Cc2ccc(C)c3cccc1c23. The topological polar surface area (TPSA) is 0 Å². The molecule has 0 aliphatic heterocycles. The molecule has 0 saturated heterocycles. The monoisotopic (exact) mass is 206 g/mol. The molecule has 0 bridgehead atoms. The Morgan fingerprint density at radius 1 is 1.19 bits per heavy atom. The Morgan fingerprint density at radius 2 is 2.06 bits per heavy atom. The maximum Gasteiger partial charge on any atom is -0.00132 e. The van der Waals surface area contributed by atoms with Crippen molar-refractivity contribution in [3.05, 3.63) is 65.8 Å². The minimum atomic E-state index is 1.04. The summed E-state index contributed by atoms with van der Waals surface area (Å²) >= 11 is 0. The van der Waals surface area contributed by atoms with Crippen molar-refractivity contribution >= 4 is 16.3 Å². The van der Waals surface area contributed by atoms with Crippen molar-refractivity contribution in [2.24, 2.45) is 0 Å². The molecule has 78 valence electrons. The van der Waals surface area contributed by atoms with Crippen LogP contribution < -0.4 is 0 Å². The fourth-order valence-corrected chi connectivity index (χ4v) is 2.63. The van der Waals surface area contributed by atoms with Crippen molar-refractivity contribution in [2.45, 2.75) is 13.3 Å². The maximum atomic E-state index is 3.79. The molecule has 0 saturated carbocycles.